The SMILES string of the molecule is CCOc1cc(C(C)(C)C)c([O-])c([O-])c1C(C)(C)C.Cc1cccc(C)c1N=C1C(=Nc2c(C)cccc2C)c2cccc3cccc1c23.[Ni+2]. The van der Waals surface area contributed by atoms with Crippen molar-refractivity contribution in [2.24, 2.45) is 9.98 Å². The van der Waals surface area contributed by atoms with Crippen molar-refractivity contribution in [2.75, 3.05) is 6.61 Å². The Labute approximate surface area is 308 Å². The summed E-state index contributed by atoms with van der Waals surface area (Å²) in [6.07, 6.45) is 0. The first-order valence-corrected chi connectivity index (χ1v) is 17.1. The van der Waals surface area contributed by atoms with E-state index < -0.39 is 16.9 Å². The molecule has 0 saturated carbocycles. The van der Waals surface area contributed by atoms with E-state index in [1.165, 1.54) is 33.0 Å². The van der Waals surface area contributed by atoms with Crippen molar-refractivity contribution in [1.29, 1.82) is 0 Å². The van der Waals surface area contributed by atoms with Gasteiger partial charge in [0.15, 0.2) is 0 Å². The fraction of sp³-hybridized carbons (Fsp3) is 0.318. The van der Waals surface area contributed by atoms with Gasteiger partial charge < -0.3 is 14.9 Å². The zero-order valence-corrected chi connectivity index (χ0v) is 32.1. The molecular weight excluding hydrogens is 663 g/mol. The molecule has 0 atom stereocenters. The standard InChI is InChI=1S/C28H24N2.C16H26O3.Ni/c1-17-9-5-10-18(2)25(17)29-27-22-15-7-13-21-14-8-16-23(24(21)22)28(27)30-26-19(3)11-6-12-20(26)4;1-8-19-11-9-10(15(2,3)4)13(17)14(18)12(11)16(5,6)7;/h5-16H,1-4H3;9,17-18H,8H2,1-7H3;/q;;+2/p-2. The van der Waals surface area contributed by atoms with Crippen molar-refractivity contribution >= 4 is 33.6 Å². The molecule has 0 spiro atoms. The van der Waals surface area contributed by atoms with Crippen LogP contribution in [0.25, 0.3) is 10.8 Å². The van der Waals surface area contributed by atoms with Gasteiger partial charge in [0.2, 0.25) is 0 Å². The van der Waals surface area contributed by atoms with Crippen LogP contribution in [0.3, 0.4) is 0 Å². The number of nitrogens with zero attached hydrogens (tertiary/aromatic N) is 2. The van der Waals surface area contributed by atoms with Crippen molar-refractivity contribution in [2.45, 2.75) is 87.0 Å². The maximum Gasteiger partial charge on any atom is 2.00 e. The molecule has 5 aromatic rings. The second-order valence-electron chi connectivity index (χ2n) is 15.0. The van der Waals surface area contributed by atoms with E-state index in [1.807, 2.05) is 48.5 Å². The number of hydrogen-bond acceptors (Lipinski definition) is 5. The first-order chi connectivity index (χ1) is 23.0. The van der Waals surface area contributed by atoms with E-state index >= 15 is 0 Å². The monoisotopic (exact) mass is 710 g/mol. The molecule has 0 bridgehead atoms. The Morgan fingerprint density at radius 1 is 0.600 bits per heavy atom. The van der Waals surface area contributed by atoms with E-state index in [-0.39, 0.29) is 21.9 Å². The molecule has 5 aromatic carbocycles. The van der Waals surface area contributed by atoms with Crippen LogP contribution in [-0.2, 0) is 27.3 Å². The van der Waals surface area contributed by atoms with Crippen LogP contribution in [0.2, 0.25) is 0 Å². The number of aliphatic imine (C=N–C) groups is 2. The minimum absolute atomic E-state index is 0. The van der Waals surface area contributed by atoms with E-state index in [0.29, 0.717) is 23.5 Å². The van der Waals surface area contributed by atoms with Crippen LogP contribution in [0, 0.1) is 27.7 Å². The summed E-state index contributed by atoms with van der Waals surface area (Å²) in [5.74, 6) is -0.284. The normalized spacial score (nSPS) is 14.1. The molecule has 0 heterocycles. The predicted molar refractivity (Wildman–Crippen MR) is 202 cm³/mol. The van der Waals surface area contributed by atoms with E-state index in [0.717, 1.165) is 33.9 Å². The molecule has 1 aliphatic rings. The number of rotatable bonds is 4. The van der Waals surface area contributed by atoms with Crippen LogP contribution in [0.5, 0.6) is 17.2 Å². The van der Waals surface area contributed by atoms with Gasteiger partial charge in [-0.05, 0) is 90.3 Å². The minimum Gasteiger partial charge on any atom is -0.873 e. The van der Waals surface area contributed by atoms with Crippen LogP contribution in [0.15, 0.2) is 88.8 Å². The molecule has 0 radical (unpaired) electrons. The fourth-order valence-corrected chi connectivity index (χ4v) is 6.56. The Hall–Kier alpha value is -4.41. The van der Waals surface area contributed by atoms with Gasteiger partial charge in [0.25, 0.3) is 0 Å². The maximum atomic E-state index is 12.4. The zero-order chi connectivity index (χ0) is 35.8. The average Bonchev–Trinajstić information content (AvgIpc) is 3.31. The molecule has 0 saturated heterocycles. The summed E-state index contributed by atoms with van der Waals surface area (Å²) in [4.78, 5) is 10.4. The van der Waals surface area contributed by atoms with Crippen molar-refractivity contribution in [1.82, 2.24) is 0 Å². The summed E-state index contributed by atoms with van der Waals surface area (Å²) in [7, 11) is 0. The molecule has 0 aromatic heterocycles. The molecule has 0 N–H and O–H groups in total. The van der Waals surface area contributed by atoms with E-state index in [4.69, 9.17) is 14.7 Å². The number of aryl methyl sites for hydroxylation is 4. The number of benzene rings is 5. The van der Waals surface area contributed by atoms with Crippen LogP contribution in [0.4, 0.5) is 11.4 Å². The first-order valence-electron chi connectivity index (χ1n) is 17.1. The largest absolute Gasteiger partial charge is 2.00 e. The summed E-state index contributed by atoms with van der Waals surface area (Å²) < 4.78 is 5.60. The second-order valence-corrected chi connectivity index (χ2v) is 15.0. The summed E-state index contributed by atoms with van der Waals surface area (Å²) in [5, 5.41) is 27.1. The Kier molecular flexibility index (Phi) is 11.4. The van der Waals surface area contributed by atoms with Crippen LogP contribution in [-0.4, -0.2) is 18.0 Å². The molecule has 50 heavy (non-hydrogen) atoms. The smallest absolute Gasteiger partial charge is 0.873 e. The molecule has 1 aliphatic carbocycles. The van der Waals surface area contributed by atoms with Crippen molar-refractivity contribution < 1.29 is 31.4 Å². The topological polar surface area (TPSA) is 80.1 Å². The number of ether oxygens (including phenoxy) is 1. The summed E-state index contributed by atoms with van der Waals surface area (Å²) in [6.45, 7) is 22.4. The number of para-hydroxylation sites is 2. The summed E-state index contributed by atoms with van der Waals surface area (Å²) in [6, 6.07) is 27.3. The quantitative estimate of drug-likeness (QED) is 0.174. The first kappa shape index (κ1) is 38.4. The molecular formula is C44H48N2NiO3. The zero-order valence-electron chi connectivity index (χ0n) is 31.1. The average molecular weight is 712 g/mol. The minimum atomic E-state index is -0.427. The molecule has 5 nitrogen and oxygen atoms in total. The third-order valence-corrected chi connectivity index (χ3v) is 9.02. The molecule has 0 fully saturated rings. The van der Waals surface area contributed by atoms with Crippen LogP contribution >= 0.6 is 0 Å². The molecule has 0 aliphatic heterocycles. The van der Waals surface area contributed by atoms with Crippen LogP contribution in [0.1, 0.15) is 93.0 Å². The van der Waals surface area contributed by atoms with Gasteiger partial charge in [-0.2, -0.15) is 0 Å². The Bertz CT molecular complexity index is 1970. The third-order valence-electron chi connectivity index (χ3n) is 9.02. The molecule has 6 rings (SSSR count). The van der Waals surface area contributed by atoms with Gasteiger partial charge in [-0.1, -0.05) is 114 Å². The number of hydrogen-bond donors (Lipinski definition) is 0. The van der Waals surface area contributed by atoms with Gasteiger partial charge >= 0.3 is 16.5 Å². The Morgan fingerprint density at radius 2 is 1.02 bits per heavy atom. The van der Waals surface area contributed by atoms with Gasteiger partial charge in [-0.3, -0.25) is 0 Å². The second kappa shape index (κ2) is 14.8. The fourth-order valence-electron chi connectivity index (χ4n) is 6.56. The molecule has 0 amide bonds. The van der Waals surface area contributed by atoms with Crippen LogP contribution < -0.4 is 14.9 Å². The third kappa shape index (κ3) is 7.51. The van der Waals surface area contributed by atoms with E-state index in [1.54, 1.807) is 6.07 Å². The van der Waals surface area contributed by atoms with Gasteiger partial charge in [0.1, 0.15) is 5.75 Å². The van der Waals surface area contributed by atoms with E-state index in [2.05, 4.69) is 100 Å². The maximum absolute atomic E-state index is 12.4. The predicted octanol–water partition coefficient (Wildman–Crippen LogP) is 10.2. The summed E-state index contributed by atoms with van der Waals surface area (Å²) in [5.41, 5.74) is 11.3. The van der Waals surface area contributed by atoms with Crippen molar-refractivity contribution in [3.8, 4) is 17.2 Å². The Morgan fingerprint density at radius 3 is 1.40 bits per heavy atom. The van der Waals surface area contributed by atoms with E-state index in [9.17, 15) is 10.2 Å². The van der Waals surface area contributed by atoms with Gasteiger partial charge in [-0.25, -0.2) is 9.98 Å². The van der Waals surface area contributed by atoms with Gasteiger partial charge in [0, 0.05) is 16.5 Å². The van der Waals surface area contributed by atoms with Crippen molar-refractivity contribution in [3.63, 3.8) is 0 Å². The molecule has 262 valence electrons. The molecule has 6 heteroatoms. The summed E-state index contributed by atoms with van der Waals surface area (Å²) >= 11 is 0. The Balaban J connectivity index is 0.000000245. The van der Waals surface area contributed by atoms with Crippen molar-refractivity contribution in [3.05, 3.63) is 123 Å². The molecule has 0 unspecified atom stereocenters. The van der Waals surface area contributed by atoms with Gasteiger partial charge in [-0.15, -0.1) is 11.5 Å². The van der Waals surface area contributed by atoms with Gasteiger partial charge in [0.05, 0.1) is 29.4 Å².